The van der Waals surface area contributed by atoms with Gasteiger partial charge in [0.15, 0.2) is 0 Å². The summed E-state index contributed by atoms with van der Waals surface area (Å²) in [5.74, 6) is -0.0495. The van der Waals surface area contributed by atoms with E-state index in [0.717, 1.165) is 6.54 Å². The fourth-order valence-corrected chi connectivity index (χ4v) is 3.31. The Kier molecular flexibility index (Phi) is 3.84. The molecule has 2 fully saturated rings. The third-order valence-electron chi connectivity index (χ3n) is 4.15. The number of aromatic nitrogens is 2. The third kappa shape index (κ3) is 2.38. The zero-order chi connectivity index (χ0) is 14.3. The van der Waals surface area contributed by atoms with Gasteiger partial charge in [-0.2, -0.15) is 5.10 Å². The maximum absolute atomic E-state index is 12.7. The molecule has 2 unspecified atom stereocenters. The Morgan fingerprint density at radius 1 is 1.55 bits per heavy atom. The number of hydrogen-bond acceptors (Lipinski definition) is 4. The van der Waals surface area contributed by atoms with Gasteiger partial charge in [0.1, 0.15) is 11.8 Å². The predicted octanol–water partition coefficient (Wildman–Crippen LogP) is 2.16. The van der Waals surface area contributed by atoms with Crippen molar-refractivity contribution in [3.8, 4) is 0 Å². The topological polar surface area (TPSA) is 47.4 Å². The first-order valence-electron chi connectivity index (χ1n) is 7.20. The quantitative estimate of drug-likeness (QED) is 0.802. The number of rotatable bonds is 3. The van der Waals surface area contributed by atoms with Crippen LogP contribution >= 0.6 is 11.6 Å². The fraction of sp³-hybridized carbons (Fsp3) is 0.714. The maximum atomic E-state index is 12.7. The van der Waals surface area contributed by atoms with Gasteiger partial charge in [0, 0.05) is 18.6 Å². The van der Waals surface area contributed by atoms with E-state index in [1.807, 2.05) is 13.8 Å². The summed E-state index contributed by atoms with van der Waals surface area (Å²) in [7, 11) is 0. The van der Waals surface area contributed by atoms with Gasteiger partial charge in [-0.25, -0.2) is 0 Å². The van der Waals surface area contributed by atoms with Gasteiger partial charge in [0.25, 0.3) is 0 Å². The number of Topliss-reactive ketones (excluding diaryl/α,β-unsaturated/α-hetero) is 1. The highest BCUT2D eigenvalue weighted by atomic mass is 35.5. The first kappa shape index (κ1) is 14.0. The van der Waals surface area contributed by atoms with Crippen LogP contribution in [0.3, 0.4) is 0 Å². The van der Waals surface area contributed by atoms with Gasteiger partial charge >= 0.3 is 0 Å². The Balaban J connectivity index is 1.81. The molecule has 0 amide bonds. The van der Waals surface area contributed by atoms with Crippen molar-refractivity contribution in [2.24, 2.45) is 0 Å². The summed E-state index contributed by atoms with van der Waals surface area (Å²) < 4.78 is 7.46. The molecule has 0 spiro atoms. The molecule has 0 aliphatic carbocycles. The smallest absolute Gasteiger partial charge is 0.212 e. The van der Waals surface area contributed by atoms with Crippen LogP contribution in [0.25, 0.3) is 0 Å². The second kappa shape index (κ2) is 5.47. The molecule has 0 N–H and O–H groups in total. The Hall–Kier alpha value is -0.910. The van der Waals surface area contributed by atoms with E-state index in [4.69, 9.17) is 16.3 Å². The highest BCUT2D eigenvalue weighted by molar-refractivity contribution is 6.33. The molecule has 20 heavy (non-hydrogen) atoms. The SMILES string of the molecule is CC(C)n1ncc(Cl)c1C(=O)C1CN2CCCC2CO1. The van der Waals surface area contributed by atoms with Crippen molar-refractivity contribution in [1.29, 1.82) is 0 Å². The predicted molar refractivity (Wildman–Crippen MR) is 76.3 cm³/mol. The number of ether oxygens (including phenoxy) is 1. The summed E-state index contributed by atoms with van der Waals surface area (Å²) in [6, 6.07) is 0.592. The molecule has 2 atom stereocenters. The van der Waals surface area contributed by atoms with Gasteiger partial charge in [-0.3, -0.25) is 14.4 Å². The maximum Gasteiger partial charge on any atom is 0.212 e. The van der Waals surface area contributed by atoms with Crippen molar-refractivity contribution >= 4 is 17.4 Å². The first-order chi connectivity index (χ1) is 9.58. The van der Waals surface area contributed by atoms with E-state index in [-0.39, 0.29) is 11.8 Å². The van der Waals surface area contributed by atoms with Crippen LogP contribution in [-0.2, 0) is 4.74 Å². The number of morpholine rings is 1. The minimum absolute atomic E-state index is 0.0495. The molecule has 2 aliphatic heterocycles. The van der Waals surface area contributed by atoms with Gasteiger partial charge < -0.3 is 4.74 Å². The lowest BCUT2D eigenvalue weighted by Crippen LogP contribution is -2.49. The van der Waals surface area contributed by atoms with Crippen molar-refractivity contribution in [1.82, 2.24) is 14.7 Å². The first-order valence-corrected chi connectivity index (χ1v) is 7.58. The van der Waals surface area contributed by atoms with Gasteiger partial charge in [-0.1, -0.05) is 11.6 Å². The van der Waals surface area contributed by atoms with E-state index >= 15 is 0 Å². The van der Waals surface area contributed by atoms with E-state index in [2.05, 4.69) is 10.00 Å². The highest BCUT2D eigenvalue weighted by Crippen LogP contribution is 2.26. The van der Waals surface area contributed by atoms with Crippen LogP contribution in [0.15, 0.2) is 6.20 Å². The standard InChI is InChI=1S/C14H20ClN3O2/c1-9(2)18-13(11(15)6-16-18)14(19)12-7-17-5-3-4-10(17)8-20-12/h6,9-10,12H,3-5,7-8H2,1-2H3. The molecule has 3 rings (SSSR count). The second-order valence-electron chi connectivity index (χ2n) is 5.86. The Morgan fingerprint density at radius 3 is 3.10 bits per heavy atom. The summed E-state index contributed by atoms with van der Waals surface area (Å²) in [5.41, 5.74) is 0.476. The van der Waals surface area contributed by atoms with Crippen molar-refractivity contribution in [3.05, 3.63) is 16.9 Å². The van der Waals surface area contributed by atoms with E-state index < -0.39 is 6.10 Å². The van der Waals surface area contributed by atoms with Crippen LogP contribution in [0, 0.1) is 0 Å². The Morgan fingerprint density at radius 2 is 2.35 bits per heavy atom. The van der Waals surface area contributed by atoms with E-state index in [1.54, 1.807) is 4.68 Å². The average molecular weight is 298 g/mol. The van der Waals surface area contributed by atoms with Crippen molar-refractivity contribution in [2.75, 3.05) is 19.7 Å². The second-order valence-corrected chi connectivity index (χ2v) is 6.26. The Bertz CT molecular complexity index is 515. The summed E-state index contributed by atoms with van der Waals surface area (Å²) in [4.78, 5) is 15.1. The number of ketones is 1. The van der Waals surface area contributed by atoms with E-state index in [9.17, 15) is 4.79 Å². The number of fused-ring (bicyclic) bond motifs is 1. The lowest BCUT2D eigenvalue weighted by molar-refractivity contribution is -0.0349. The highest BCUT2D eigenvalue weighted by Gasteiger charge is 2.37. The lowest BCUT2D eigenvalue weighted by Gasteiger charge is -2.34. The zero-order valence-corrected chi connectivity index (χ0v) is 12.6. The summed E-state index contributed by atoms with van der Waals surface area (Å²) in [6.45, 7) is 6.35. The molecule has 0 bridgehead atoms. The lowest BCUT2D eigenvalue weighted by atomic mass is 10.1. The molecular formula is C14H20ClN3O2. The van der Waals surface area contributed by atoms with Crippen LogP contribution in [0.4, 0.5) is 0 Å². The molecule has 6 heteroatoms. The van der Waals surface area contributed by atoms with Gasteiger partial charge in [-0.05, 0) is 33.2 Å². The zero-order valence-electron chi connectivity index (χ0n) is 11.9. The molecule has 0 aromatic carbocycles. The summed E-state index contributed by atoms with van der Waals surface area (Å²) in [5, 5.41) is 4.61. The van der Waals surface area contributed by atoms with Crippen LogP contribution in [0.5, 0.6) is 0 Å². The molecule has 1 aromatic heterocycles. The molecule has 2 aliphatic rings. The number of nitrogens with zero attached hydrogens (tertiary/aromatic N) is 3. The fourth-order valence-electron chi connectivity index (χ4n) is 3.09. The van der Waals surface area contributed by atoms with Gasteiger partial charge in [0.05, 0.1) is 17.8 Å². The van der Waals surface area contributed by atoms with Crippen molar-refractivity contribution in [2.45, 2.75) is 44.9 Å². The molecule has 2 saturated heterocycles. The molecule has 1 aromatic rings. The normalized spacial score (nSPS) is 27.0. The van der Waals surface area contributed by atoms with Crippen molar-refractivity contribution in [3.63, 3.8) is 0 Å². The average Bonchev–Trinajstić information content (AvgIpc) is 3.03. The van der Waals surface area contributed by atoms with Crippen LogP contribution in [0.2, 0.25) is 5.02 Å². The number of halogens is 1. The van der Waals surface area contributed by atoms with E-state index in [1.165, 1.54) is 19.0 Å². The minimum atomic E-state index is -0.420. The van der Waals surface area contributed by atoms with Crippen LogP contribution < -0.4 is 0 Å². The molecule has 5 nitrogen and oxygen atoms in total. The van der Waals surface area contributed by atoms with Gasteiger partial charge in [-0.15, -0.1) is 0 Å². The molecule has 110 valence electrons. The van der Waals surface area contributed by atoms with Crippen LogP contribution in [0.1, 0.15) is 43.2 Å². The van der Waals surface area contributed by atoms with Crippen molar-refractivity contribution < 1.29 is 9.53 Å². The minimum Gasteiger partial charge on any atom is -0.367 e. The number of carbonyl (C=O) groups is 1. The molecule has 0 radical (unpaired) electrons. The monoisotopic (exact) mass is 297 g/mol. The van der Waals surface area contributed by atoms with E-state index in [0.29, 0.717) is 29.9 Å². The number of hydrogen-bond donors (Lipinski definition) is 0. The third-order valence-corrected chi connectivity index (χ3v) is 4.43. The molecular weight excluding hydrogens is 278 g/mol. The summed E-state index contributed by atoms with van der Waals surface area (Å²) >= 11 is 6.14. The summed E-state index contributed by atoms with van der Waals surface area (Å²) in [6.07, 6.45) is 3.48. The van der Waals surface area contributed by atoms with Crippen LogP contribution in [-0.4, -0.2) is 52.3 Å². The molecule has 0 saturated carbocycles. The van der Waals surface area contributed by atoms with Gasteiger partial charge in [0.2, 0.25) is 5.78 Å². The number of carbonyl (C=O) groups excluding carboxylic acids is 1. The Labute approximate surface area is 123 Å². The molecule has 3 heterocycles. The largest absolute Gasteiger partial charge is 0.367 e.